The molecule has 2 heterocycles. The maximum Gasteiger partial charge on any atom is 0.215 e. The van der Waals surface area contributed by atoms with Crippen LogP contribution in [0, 0.1) is 10.6 Å². The number of rotatable bonds is 2. The van der Waals surface area contributed by atoms with E-state index in [4.69, 9.17) is 17.0 Å². The second-order valence-corrected chi connectivity index (χ2v) is 4.35. The predicted molar refractivity (Wildman–Crippen MR) is 72.8 cm³/mol. The molecular weight excluding hydrogens is 265 g/mol. The molecule has 0 amide bonds. The van der Waals surface area contributed by atoms with Gasteiger partial charge < -0.3 is 9.72 Å². The van der Waals surface area contributed by atoms with Gasteiger partial charge in [-0.05, 0) is 42.5 Å². The SMILES string of the molecule is COc1ccc2[nH]c(=S)n(-c3ccc(F)cc3)c2n1. The van der Waals surface area contributed by atoms with Crippen LogP contribution < -0.4 is 4.74 Å². The van der Waals surface area contributed by atoms with Crippen molar-refractivity contribution in [2.75, 3.05) is 7.11 Å². The topological polar surface area (TPSA) is 42.8 Å². The van der Waals surface area contributed by atoms with Gasteiger partial charge >= 0.3 is 0 Å². The number of aromatic nitrogens is 3. The number of ether oxygens (including phenoxy) is 1. The van der Waals surface area contributed by atoms with E-state index in [1.54, 1.807) is 29.9 Å². The number of benzene rings is 1. The van der Waals surface area contributed by atoms with Crippen LogP contribution in [0.1, 0.15) is 0 Å². The van der Waals surface area contributed by atoms with E-state index in [0.29, 0.717) is 16.3 Å². The summed E-state index contributed by atoms with van der Waals surface area (Å²) in [6, 6.07) is 9.67. The van der Waals surface area contributed by atoms with Crippen molar-refractivity contribution in [1.82, 2.24) is 14.5 Å². The van der Waals surface area contributed by atoms with Gasteiger partial charge in [0.1, 0.15) is 5.82 Å². The summed E-state index contributed by atoms with van der Waals surface area (Å²) < 4.78 is 20.3. The Hall–Kier alpha value is -2.21. The van der Waals surface area contributed by atoms with Crippen LogP contribution in [0.15, 0.2) is 36.4 Å². The summed E-state index contributed by atoms with van der Waals surface area (Å²) in [4.78, 5) is 7.42. The molecule has 0 unspecified atom stereocenters. The number of halogens is 1. The van der Waals surface area contributed by atoms with Gasteiger partial charge in [-0.1, -0.05) is 0 Å². The first kappa shape index (κ1) is 11.9. The smallest absolute Gasteiger partial charge is 0.215 e. The number of hydrogen-bond acceptors (Lipinski definition) is 3. The van der Waals surface area contributed by atoms with E-state index in [1.807, 2.05) is 6.07 Å². The van der Waals surface area contributed by atoms with E-state index in [2.05, 4.69) is 9.97 Å². The lowest BCUT2D eigenvalue weighted by Gasteiger charge is -2.04. The number of hydrogen-bond donors (Lipinski definition) is 1. The van der Waals surface area contributed by atoms with E-state index in [1.165, 1.54) is 12.1 Å². The Bertz CT molecular complexity index is 792. The fourth-order valence-electron chi connectivity index (χ4n) is 1.91. The van der Waals surface area contributed by atoms with Crippen LogP contribution in [-0.4, -0.2) is 21.6 Å². The Labute approximate surface area is 113 Å². The number of aromatic amines is 1. The minimum Gasteiger partial charge on any atom is -0.481 e. The highest BCUT2D eigenvalue weighted by atomic mass is 32.1. The molecule has 2 aromatic heterocycles. The third kappa shape index (κ3) is 2.00. The number of fused-ring (bicyclic) bond motifs is 1. The summed E-state index contributed by atoms with van der Waals surface area (Å²) >= 11 is 5.28. The van der Waals surface area contributed by atoms with Crippen molar-refractivity contribution in [3.05, 3.63) is 47.0 Å². The first-order valence-electron chi connectivity index (χ1n) is 5.61. The first-order chi connectivity index (χ1) is 9.19. The molecule has 19 heavy (non-hydrogen) atoms. The second-order valence-electron chi connectivity index (χ2n) is 3.97. The van der Waals surface area contributed by atoms with Crippen LogP contribution in [0.5, 0.6) is 5.88 Å². The number of methoxy groups -OCH3 is 1. The zero-order valence-corrected chi connectivity index (χ0v) is 10.9. The van der Waals surface area contributed by atoms with Crippen molar-refractivity contribution < 1.29 is 9.13 Å². The highest BCUT2D eigenvalue weighted by molar-refractivity contribution is 7.71. The van der Waals surface area contributed by atoms with Crippen LogP contribution in [0.2, 0.25) is 0 Å². The van der Waals surface area contributed by atoms with Gasteiger partial charge in [-0.15, -0.1) is 0 Å². The van der Waals surface area contributed by atoms with E-state index < -0.39 is 0 Å². The normalized spacial score (nSPS) is 10.8. The maximum absolute atomic E-state index is 13.0. The molecule has 0 bridgehead atoms. The molecule has 0 saturated carbocycles. The van der Waals surface area contributed by atoms with Crippen LogP contribution in [-0.2, 0) is 0 Å². The number of imidazole rings is 1. The highest BCUT2D eigenvalue weighted by Crippen LogP contribution is 2.20. The fourth-order valence-corrected chi connectivity index (χ4v) is 2.21. The highest BCUT2D eigenvalue weighted by Gasteiger charge is 2.09. The van der Waals surface area contributed by atoms with Crippen LogP contribution in [0.4, 0.5) is 4.39 Å². The van der Waals surface area contributed by atoms with Gasteiger partial charge in [0, 0.05) is 6.07 Å². The van der Waals surface area contributed by atoms with Gasteiger partial charge in [-0.3, -0.25) is 4.57 Å². The van der Waals surface area contributed by atoms with Crippen molar-refractivity contribution in [2.45, 2.75) is 0 Å². The third-order valence-corrected chi connectivity index (χ3v) is 3.08. The van der Waals surface area contributed by atoms with E-state index in [-0.39, 0.29) is 5.82 Å². The molecule has 4 nitrogen and oxygen atoms in total. The number of nitrogens with one attached hydrogen (secondary N) is 1. The Morgan fingerprint density at radius 3 is 2.63 bits per heavy atom. The van der Waals surface area contributed by atoms with Crippen molar-refractivity contribution in [1.29, 1.82) is 0 Å². The second kappa shape index (κ2) is 4.47. The Morgan fingerprint density at radius 1 is 1.21 bits per heavy atom. The molecule has 6 heteroatoms. The van der Waals surface area contributed by atoms with Gasteiger partial charge in [-0.25, -0.2) is 4.39 Å². The average molecular weight is 275 g/mol. The van der Waals surface area contributed by atoms with Gasteiger partial charge in [0.2, 0.25) is 5.88 Å². The standard InChI is InChI=1S/C13H10FN3OS/c1-18-11-7-6-10-12(16-11)17(13(19)15-10)9-4-2-8(14)3-5-9/h2-7H,1H3,(H,15,19). The molecule has 1 aromatic carbocycles. The minimum atomic E-state index is -0.291. The fraction of sp³-hybridized carbons (Fsp3) is 0.0769. The molecule has 0 radical (unpaired) electrons. The quantitative estimate of drug-likeness (QED) is 0.730. The summed E-state index contributed by atoms with van der Waals surface area (Å²) in [5.41, 5.74) is 2.20. The molecule has 0 atom stereocenters. The van der Waals surface area contributed by atoms with E-state index in [9.17, 15) is 4.39 Å². The summed E-state index contributed by atoms with van der Waals surface area (Å²) in [6.45, 7) is 0. The van der Waals surface area contributed by atoms with Gasteiger partial charge in [0.05, 0.1) is 18.3 Å². The average Bonchev–Trinajstić information content (AvgIpc) is 2.75. The summed E-state index contributed by atoms with van der Waals surface area (Å²) in [7, 11) is 1.55. The van der Waals surface area contributed by atoms with Gasteiger partial charge in [0.25, 0.3) is 0 Å². The van der Waals surface area contributed by atoms with Crippen molar-refractivity contribution in [2.24, 2.45) is 0 Å². The van der Waals surface area contributed by atoms with Crippen LogP contribution in [0.25, 0.3) is 16.9 Å². The molecule has 0 saturated heterocycles. The monoisotopic (exact) mass is 275 g/mol. The van der Waals surface area contributed by atoms with Crippen LogP contribution >= 0.6 is 12.2 Å². The lowest BCUT2D eigenvalue weighted by Crippen LogP contribution is -1.96. The summed E-state index contributed by atoms with van der Waals surface area (Å²) in [5, 5.41) is 0. The lowest BCUT2D eigenvalue weighted by molar-refractivity contribution is 0.399. The Morgan fingerprint density at radius 2 is 1.95 bits per heavy atom. The Balaban J connectivity index is 2.30. The van der Waals surface area contributed by atoms with Crippen LogP contribution in [0.3, 0.4) is 0 Å². The zero-order valence-electron chi connectivity index (χ0n) is 10.1. The Kier molecular flexibility index (Phi) is 2.79. The molecule has 0 aliphatic carbocycles. The van der Waals surface area contributed by atoms with Gasteiger partial charge in [0.15, 0.2) is 10.4 Å². The summed E-state index contributed by atoms with van der Waals surface area (Å²) in [5.74, 6) is 0.206. The predicted octanol–water partition coefficient (Wildman–Crippen LogP) is 3.23. The lowest BCUT2D eigenvalue weighted by atomic mass is 10.3. The molecule has 0 spiro atoms. The molecule has 0 aliphatic rings. The van der Waals surface area contributed by atoms with Crippen molar-refractivity contribution in [3.8, 4) is 11.6 Å². The molecule has 1 N–H and O–H groups in total. The van der Waals surface area contributed by atoms with E-state index in [0.717, 1.165) is 11.2 Å². The molecule has 0 aliphatic heterocycles. The largest absolute Gasteiger partial charge is 0.481 e. The molecule has 3 aromatic rings. The number of H-pyrrole nitrogens is 1. The third-order valence-electron chi connectivity index (χ3n) is 2.80. The van der Waals surface area contributed by atoms with Crippen molar-refractivity contribution >= 4 is 23.4 Å². The molecule has 3 rings (SSSR count). The number of nitrogens with zero attached hydrogens (tertiary/aromatic N) is 2. The first-order valence-corrected chi connectivity index (χ1v) is 6.01. The molecule has 0 fully saturated rings. The molecule has 96 valence electrons. The van der Waals surface area contributed by atoms with E-state index >= 15 is 0 Å². The minimum absolute atomic E-state index is 0.291. The zero-order chi connectivity index (χ0) is 13.4. The maximum atomic E-state index is 13.0. The summed E-state index contributed by atoms with van der Waals surface area (Å²) in [6.07, 6.45) is 0. The van der Waals surface area contributed by atoms with Crippen molar-refractivity contribution in [3.63, 3.8) is 0 Å². The molecular formula is C13H10FN3OS. The number of pyridine rings is 1. The van der Waals surface area contributed by atoms with Gasteiger partial charge in [-0.2, -0.15) is 4.98 Å².